The molecule has 3 rings (SSSR count). The summed E-state index contributed by atoms with van der Waals surface area (Å²) < 4.78 is 18.6. The molecule has 5 nitrogen and oxygen atoms in total. The van der Waals surface area contributed by atoms with E-state index in [4.69, 9.17) is 16.1 Å². The molecule has 7 heteroatoms. The zero-order valence-electron chi connectivity index (χ0n) is 11.8. The fraction of sp³-hybridized carbons (Fsp3) is 0.0625. The zero-order chi connectivity index (χ0) is 16.2. The Kier molecular flexibility index (Phi) is 4.34. The van der Waals surface area contributed by atoms with E-state index in [2.05, 4.69) is 15.5 Å². The van der Waals surface area contributed by atoms with Crippen molar-refractivity contribution in [1.82, 2.24) is 15.5 Å². The van der Waals surface area contributed by atoms with Gasteiger partial charge in [0, 0.05) is 10.6 Å². The summed E-state index contributed by atoms with van der Waals surface area (Å²) in [5.41, 5.74) is 0.703. The van der Waals surface area contributed by atoms with Crippen LogP contribution in [-0.4, -0.2) is 16.0 Å². The van der Waals surface area contributed by atoms with Crippen LogP contribution in [0.25, 0.3) is 11.4 Å². The first-order valence-corrected chi connectivity index (χ1v) is 7.12. The number of amides is 1. The molecule has 0 unspecified atom stereocenters. The molecule has 2 aromatic carbocycles. The molecule has 0 spiro atoms. The van der Waals surface area contributed by atoms with Gasteiger partial charge in [0.25, 0.3) is 5.91 Å². The number of carbonyl (C=O) groups is 1. The Hall–Kier alpha value is -2.73. The first-order chi connectivity index (χ1) is 11.1. The number of aromatic nitrogens is 2. The highest BCUT2D eigenvalue weighted by Crippen LogP contribution is 2.18. The van der Waals surface area contributed by atoms with Gasteiger partial charge in [-0.05, 0) is 36.4 Å². The van der Waals surface area contributed by atoms with E-state index in [1.54, 1.807) is 30.3 Å². The Balaban J connectivity index is 1.67. The molecule has 0 radical (unpaired) electrons. The number of benzene rings is 2. The highest BCUT2D eigenvalue weighted by molar-refractivity contribution is 6.30. The topological polar surface area (TPSA) is 68.0 Å². The molecule has 0 saturated heterocycles. The standard InChI is InChI=1S/C16H11ClFN3O2/c17-11-7-5-10(6-8-11)15-20-14(23-21-15)9-19-16(22)12-3-1-2-4-13(12)18/h1-8H,9H2,(H,19,22). The van der Waals surface area contributed by atoms with Crippen LogP contribution in [0.15, 0.2) is 53.1 Å². The van der Waals surface area contributed by atoms with Crippen LogP contribution in [0, 0.1) is 5.82 Å². The predicted molar refractivity (Wildman–Crippen MR) is 82.3 cm³/mol. The second-order valence-corrected chi connectivity index (χ2v) is 5.12. The van der Waals surface area contributed by atoms with E-state index in [1.165, 1.54) is 18.2 Å². The molecular formula is C16H11ClFN3O2. The van der Waals surface area contributed by atoms with Crippen LogP contribution in [0.3, 0.4) is 0 Å². The number of hydrogen-bond donors (Lipinski definition) is 1. The van der Waals surface area contributed by atoms with Gasteiger partial charge in [-0.1, -0.05) is 28.9 Å². The minimum absolute atomic E-state index is 0.00770. The second-order valence-electron chi connectivity index (χ2n) is 4.68. The van der Waals surface area contributed by atoms with E-state index in [1.807, 2.05) is 0 Å². The molecule has 1 aromatic heterocycles. The number of halogens is 2. The van der Waals surface area contributed by atoms with E-state index >= 15 is 0 Å². The fourth-order valence-corrected chi connectivity index (χ4v) is 2.07. The van der Waals surface area contributed by atoms with Crippen LogP contribution >= 0.6 is 11.6 Å². The third kappa shape index (κ3) is 3.54. The largest absolute Gasteiger partial charge is 0.343 e. The SMILES string of the molecule is O=C(NCc1nc(-c2ccc(Cl)cc2)no1)c1ccccc1F. The van der Waals surface area contributed by atoms with E-state index in [0.29, 0.717) is 10.8 Å². The quantitative estimate of drug-likeness (QED) is 0.795. The third-order valence-electron chi connectivity index (χ3n) is 3.09. The number of nitrogens with zero attached hydrogens (tertiary/aromatic N) is 2. The van der Waals surface area contributed by atoms with Gasteiger partial charge in [0.15, 0.2) is 0 Å². The van der Waals surface area contributed by atoms with Gasteiger partial charge in [-0.3, -0.25) is 4.79 Å². The summed E-state index contributed by atoms with van der Waals surface area (Å²) in [6.07, 6.45) is 0. The Morgan fingerprint density at radius 2 is 1.91 bits per heavy atom. The Morgan fingerprint density at radius 1 is 1.17 bits per heavy atom. The van der Waals surface area contributed by atoms with Gasteiger partial charge < -0.3 is 9.84 Å². The second kappa shape index (κ2) is 6.58. The van der Waals surface area contributed by atoms with Crippen LogP contribution in [0.1, 0.15) is 16.2 Å². The van der Waals surface area contributed by atoms with Crippen LogP contribution in [0.4, 0.5) is 4.39 Å². The van der Waals surface area contributed by atoms with Crippen molar-refractivity contribution in [3.63, 3.8) is 0 Å². The highest BCUT2D eigenvalue weighted by atomic mass is 35.5. The van der Waals surface area contributed by atoms with Crippen molar-refractivity contribution < 1.29 is 13.7 Å². The van der Waals surface area contributed by atoms with Crippen molar-refractivity contribution in [3.05, 3.63) is 70.8 Å². The zero-order valence-corrected chi connectivity index (χ0v) is 12.5. The monoisotopic (exact) mass is 331 g/mol. The van der Waals surface area contributed by atoms with Gasteiger partial charge in [-0.25, -0.2) is 4.39 Å². The smallest absolute Gasteiger partial charge is 0.254 e. The van der Waals surface area contributed by atoms with Gasteiger partial charge in [0.1, 0.15) is 5.82 Å². The summed E-state index contributed by atoms with van der Waals surface area (Å²) in [5, 5.41) is 6.97. The molecular weight excluding hydrogens is 321 g/mol. The average molecular weight is 332 g/mol. The lowest BCUT2D eigenvalue weighted by Gasteiger charge is -2.02. The molecule has 0 atom stereocenters. The van der Waals surface area contributed by atoms with E-state index in [9.17, 15) is 9.18 Å². The summed E-state index contributed by atoms with van der Waals surface area (Å²) in [7, 11) is 0. The fourth-order valence-electron chi connectivity index (χ4n) is 1.94. The average Bonchev–Trinajstić information content (AvgIpc) is 3.03. The minimum Gasteiger partial charge on any atom is -0.343 e. The molecule has 116 valence electrons. The van der Waals surface area contributed by atoms with Crippen molar-refractivity contribution in [2.45, 2.75) is 6.54 Å². The van der Waals surface area contributed by atoms with Crippen molar-refractivity contribution >= 4 is 17.5 Å². The molecule has 1 amide bonds. The van der Waals surface area contributed by atoms with E-state index < -0.39 is 11.7 Å². The summed E-state index contributed by atoms with van der Waals surface area (Å²) >= 11 is 5.82. The van der Waals surface area contributed by atoms with Crippen LogP contribution in [0.5, 0.6) is 0 Å². The highest BCUT2D eigenvalue weighted by Gasteiger charge is 2.13. The maximum atomic E-state index is 13.5. The van der Waals surface area contributed by atoms with Gasteiger partial charge in [0.05, 0.1) is 12.1 Å². The van der Waals surface area contributed by atoms with Gasteiger partial charge in [-0.2, -0.15) is 4.98 Å². The van der Waals surface area contributed by atoms with Crippen molar-refractivity contribution in [3.8, 4) is 11.4 Å². The van der Waals surface area contributed by atoms with Gasteiger partial charge in [0.2, 0.25) is 11.7 Å². The number of nitrogens with one attached hydrogen (secondary N) is 1. The molecule has 23 heavy (non-hydrogen) atoms. The molecule has 3 aromatic rings. The predicted octanol–water partition coefficient (Wildman–Crippen LogP) is 3.46. The molecule has 1 heterocycles. The molecule has 0 aliphatic heterocycles. The van der Waals surface area contributed by atoms with Crippen molar-refractivity contribution in [2.75, 3.05) is 0 Å². The summed E-state index contributed by atoms with van der Waals surface area (Å²) in [5.74, 6) is -0.525. The Morgan fingerprint density at radius 3 is 2.65 bits per heavy atom. The lowest BCUT2D eigenvalue weighted by Crippen LogP contribution is -2.23. The number of hydrogen-bond acceptors (Lipinski definition) is 4. The molecule has 0 aliphatic carbocycles. The van der Waals surface area contributed by atoms with Crippen LogP contribution in [-0.2, 0) is 6.54 Å². The molecule has 0 aliphatic rings. The summed E-state index contributed by atoms with van der Waals surface area (Å²) in [4.78, 5) is 16.1. The lowest BCUT2D eigenvalue weighted by molar-refractivity contribution is 0.0942. The van der Waals surface area contributed by atoms with Gasteiger partial charge in [-0.15, -0.1) is 0 Å². The normalized spacial score (nSPS) is 10.5. The Labute approximate surface area is 136 Å². The lowest BCUT2D eigenvalue weighted by atomic mass is 10.2. The third-order valence-corrected chi connectivity index (χ3v) is 3.34. The van der Waals surface area contributed by atoms with Crippen LogP contribution in [0.2, 0.25) is 5.02 Å². The van der Waals surface area contributed by atoms with E-state index in [0.717, 1.165) is 5.56 Å². The Bertz CT molecular complexity index is 833. The first-order valence-electron chi connectivity index (χ1n) is 6.75. The molecule has 0 bridgehead atoms. The summed E-state index contributed by atoms with van der Waals surface area (Å²) in [6.45, 7) is 0.00770. The van der Waals surface area contributed by atoms with Crippen LogP contribution < -0.4 is 5.32 Å². The van der Waals surface area contributed by atoms with Crippen molar-refractivity contribution in [2.24, 2.45) is 0 Å². The maximum Gasteiger partial charge on any atom is 0.254 e. The van der Waals surface area contributed by atoms with Crippen molar-refractivity contribution in [1.29, 1.82) is 0 Å². The van der Waals surface area contributed by atoms with Gasteiger partial charge >= 0.3 is 0 Å². The summed E-state index contributed by atoms with van der Waals surface area (Å²) in [6, 6.07) is 12.7. The maximum absolute atomic E-state index is 13.5. The van der Waals surface area contributed by atoms with E-state index in [-0.39, 0.29) is 18.0 Å². The molecule has 0 saturated carbocycles. The minimum atomic E-state index is -0.586. The number of rotatable bonds is 4. The molecule has 0 fully saturated rings. The molecule has 1 N–H and O–H groups in total. The first kappa shape index (κ1) is 15.2. The number of carbonyl (C=O) groups excluding carboxylic acids is 1.